The maximum Gasteiger partial charge on any atom is 0.323 e. The molecule has 0 amide bonds. The minimum atomic E-state index is -4.29. The number of aromatic hydroxyl groups is 1. The minimum Gasteiger partial charge on any atom is -0.508 e. The van der Waals surface area contributed by atoms with Crippen LogP contribution in [0.5, 0.6) is 23.0 Å². The van der Waals surface area contributed by atoms with Crippen LogP contribution in [0.15, 0.2) is 246 Å². The highest BCUT2D eigenvalue weighted by molar-refractivity contribution is 9.10. The number of halogens is 7. The molecule has 0 aliphatic rings. The number of hydrogen-bond donors (Lipinski definition) is 2. The van der Waals surface area contributed by atoms with Crippen LogP contribution in [0.25, 0.3) is 14.5 Å². The Morgan fingerprint density at radius 2 is 1.00 bits per heavy atom. The third kappa shape index (κ3) is 31.0. The number of terminal acetylenes is 1. The van der Waals surface area contributed by atoms with Crippen molar-refractivity contribution in [3.63, 3.8) is 0 Å². The summed E-state index contributed by atoms with van der Waals surface area (Å²) in [6.07, 6.45) is 6.96. The Hall–Kier alpha value is -11.4. The summed E-state index contributed by atoms with van der Waals surface area (Å²) in [4.78, 5) is 13.6. The van der Waals surface area contributed by atoms with Crippen LogP contribution in [0.1, 0.15) is 106 Å². The predicted octanol–water partition coefficient (Wildman–Crippen LogP) is 23.8. The number of nitriles is 1. The van der Waals surface area contributed by atoms with Gasteiger partial charge in [0.2, 0.25) is 0 Å². The molecule has 0 fully saturated rings. The Kier molecular flexibility index (Phi) is 25.4. The average Bonchev–Trinajstić information content (AvgIpc) is 1.35. The van der Waals surface area contributed by atoms with Gasteiger partial charge in [-0.25, -0.2) is 28.0 Å². The molecule has 0 saturated heterocycles. The highest BCUT2D eigenvalue weighted by atomic mass is 79.9. The maximum absolute atomic E-state index is 16.0. The first-order valence-corrected chi connectivity index (χ1v) is 40.5. The Balaban J connectivity index is 0. The van der Waals surface area contributed by atoms with E-state index in [9.17, 15) is 13.9 Å². The van der Waals surface area contributed by atoms with Crippen LogP contribution < -0.4 is 14.2 Å². The van der Waals surface area contributed by atoms with E-state index in [2.05, 4.69) is 131 Å². The molecule has 0 bridgehead atoms. The quantitative estimate of drug-likeness (QED) is 0.0332. The van der Waals surface area contributed by atoms with E-state index in [1.54, 1.807) is 72.8 Å². The number of tetrazole rings is 1. The van der Waals surface area contributed by atoms with Crippen LogP contribution in [0.4, 0.5) is 34.6 Å². The summed E-state index contributed by atoms with van der Waals surface area (Å²) >= 11 is 9.24. The van der Waals surface area contributed by atoms with E-state index in [0.717, 1.165) is 45.8 Å². The Labute approximate surface area is 694 Å². The van der Waals surface area contributed by atoms with Gasteiger partial charge in [-0.15, -0.1) is 22.6 Å². The first-order chi connectivity index (χ1) is 61.3. The fourth-order valence-corrected chi connectivity index (χ4v) is 8.84. The van der Waals surface area contributed by atoms with Crippen LogP contribution in [0, 0.1) is 78.0 Å². The monoisotopic (exact) mass is 1710 g/mol. The van der Waals surface area contributed by atoms with Crippen LogP contribution in [-0.4, -0.2) is 51.6 Å². The van der Waals surface area contributed by atoms with Gasteiger partial charge in [0.25, 0.3) is 0 Å². The van der Waals surface area contributed by atoms with Crippen molar-refractivity contribution >= 4 is 81.0 Å². The molecule has 0 aliphatic heterocycles. The fourth-order valence-electron chi connectivity index (χ4n) is 7.57. The Morgan fingerprint density at radius 1 is 0.593 bits per heavy atom. The summed E-state index contributed by atoms with van der Waals surface area (Å²) in [6, 6.07) is 28.1. The molecule has 11 rings (SSSR count). The number of alkyl halides is 3. The number of benzene rings is 9. The summed E-state index contributed by atoms with van der Waals surface area (Å²) in [5.74, 6) is 0.0247. The summed E-state index contributed by atoms with van der Waals surface area (Å²) in [7, 11) is -2.81. The van der Waals surface area contributed by atoms with E-state index in [-0.39, 0.29) is 139 Å². The SMILES string of the molecule is C.C.C#C[Si](C)(C)C.[2HH].[2H][2H].[2H][2H].[2H][2H].[2H][2H].[2H]c1c([2H])c(Br)c([2H])c([2H])c1O.[2H]c1c([2H])c(OCc2ccc(C#N)cc2)c([2H])c([2H])c1C#Cc1ccc(C(F)(F)[C@](O)(Cn2cnnn2)c2ccc(F)cc2F)nc1.[2H]c1c([2H])c(OCc2ccc([N+]#[C-])cc2)c([2H])c([2H])c1Br.[2H]c1c([2H])c(OCc2ccc([N+]#[C-])cc2)c([2H])c([2H])c1C#C[Si](C)(C)C.[C-]#[N+]c1ccc(CBr)cc1. The van der Waals surface area contributed by atoms with Gasteiger partial charge in [-0.05, 0) is 166 Å². The zero-order chi connectivity index (χ0) is 99.1. The molecular weight excluding hydrogens is 1600 g/mol. The molecule has 23 heteroatoms. The molecule has 14 nitrogen and oxygen atoms in total. The van der Waals surface area contributed by atoms with Gasteiger partial charge in [0.15, 0.2) is 22.7 Å². The highest BCUT2D eigenvalue weighted by Crippen LogP contribution is 2.47. The summed E-state index contributed by atoms with van der Waals surface area (Å²) in [5, 5.41) is 40.2. The Morgan fingerprint density at radius 3 is 1.38 bits per heavy atom. The van der Waals surface area contributed by atoms with Crippen molar-refractivity contribution in [1.29, 1.82) is 5.26 Å². The zero-order valence-corrected chi connectivity index (χ0v) is 63.9. The number of ether oxygens (including phenoxy) is 3. The van der Waals surface area contributed by atoms with Crippen LogP contribution in [-0.2, 0) is 43.2 Å². The smallest absolute Gasteiger partial charge is 0.323 e. The lowest BCUT2D eigenvalue weighted by atomic mass is 9.84. The lowest BCUT2D eigenvalue weighted by molar-refractivity contribution is -0.207. The molecule has 2 N–H and O–H groups in total. The number of hydrogen-bond acceptors (Lipinski definition) is 10. The van der Waals surface area contributed by atoms with E-state index in [0.29, 0.717) is 46.4 Å². The van der Waals surface area contributed by atoms with Gasteiger partial charge >= 0.3 is 5.92 Å². The zero-order valence-electron chi connectivity index (χ0n) is 81.2. The molecule has 2 heterocycles. The standard InChI is InChI=1S/C31H20F4N6O2.C19H19NOSi.C14H10BrNO.C8H6BrN.C6H5BrO.C5H10Si.2CH4.5H2/c32-25-10-13-27(28(33)15-25)30(42,19-41-20-38-39-40-41)31(34,35)29-14-9-23(17-37-29)4-1-21-7-11-26(12-8-21)43-18-24-5-2-22(16-36)3-6-24;1-20-18-9-5-17(6-10-18)15-21-19-11-7-16(8-12-19)13-14-22(2,3)4;1-16-13-6-2-11(3-7-13)10-17-14-8-4-12(15)5-9-14;1-10-8-4-2-7(6-9)3-5-8;7-5-1-3-6(8)4-2-5;1-5-6(2,3)4;;;;;;;/h2-3,5-15,17,20,42H,18-19H2;5-12H,15H2,2-4H3;2-9H,10H2;2-5H,6H2;1-4,8H;1H,2-4H3;2*1H4;5*1H/t30-;;;;;;;;;;;;/m0............/s1/i2*7D,8D,11D,12D;4D,5D,8D,9D;;1D,2D,3D,4D;;;;4*1+1D;1+1. The van der Waals surface area contributed by atoms with Gasteiger partial charge in [0, 0.05) is 62.1 Å². The van der Waals surface area contributed by atoms with E-state index in [4.69, 9.17) is 84.5 Å². The van der Waals surface area contributed by atoms with E-state index in [1.165, 1.54) is 5.56 Å². The van der Waals surface area contributed by atoms with E-state index < -0.39 is 99.1 Å². The van der Waals surface area contributed by atoms with Crippen LogP contribution >= 0.6 is 47.8 Å². The van der Waals surface area contributed by atoms with Crippen molar-refractivity contribution in [2.45, 2.75) is 97.4 Å². The molecule has 11 aromatic rings. The second-order valence-corrected chi connectivity index (χ2v) is 35.2. The van der Waals surface area contributed by atoms with Crippen molar-refractivity contribution in [2.75, 3.05) is 0 Å². The van der Waals surface area contributed by atoms with Crippen molar-refractivity contribution in [3.05, 3.63) is 347 Å². The minimum absolute atomic E-state index is 0. The lowest BCUT2D eigenvalue weighted by Gasteiger charge is -2.35. The van der Waals surface area contributed by atoms with Crippen molar-refractivity contribution in [3.8, 4) is 64.3 Å². The van der Waals surface area contributed by atoms with Gasteiger partial charge in [-0.3, -0.25) is 4.98 Å². The third-order valence-electron chi connectivity index (χ3n) is 13.0. The van der Waals surface area contributed by atoms with E-state index in [1.807, 2.05) is 50.0 Å². The molecule has 0 unspecified atom stereocenters. The Bertz CT molecular complexity index is 5830. The molecule has 1 atom stereocenters. The molecule has 0 saturated carbocycles. The van der Waals surface area contributed by atoms with Crippen LogP contribution in [0.2, 0.25) is 39.3 Å². The number of aliphatic hydroxyl groups is 1. The number of pyridine rings is 1. The largest absolute Gasteiger partial charge is 0.508 e. The number of phenols is 1. The van der Waals surface area contributed by atoms with Crippen LogP contribution in [0.3, 0.4) is 0 Å². The fraction of sp³-hybridized carbons (Fsp3) is 0.176. The molecule has 108 heavy (non-hydrogen) atoms. The maximum atomic E-state index is 16.0. The second-order valence-electron chi connectivity index (χ2n) is 23.5. The van der Waals surface area contributed by atoms with Gasteiger partial charge in [0.05, 0.1) is 59.8 Å². The molecule has 0 aliphatic carbocycles. The predicted molar refractivity (Wildman–Crippen MR) is 446 cm³/mol. The van der Waals surface area contributed by atoms with Gasteiger partial charge in [-0.1, -0.05) is 205 Å². The molecule has 9 aromatic carbocycles. The molecule has 0 spiro atoms. The molecule has 560 valence electrons. The van der Waals surface area contributed by atoms with Gasteiger partial charge < -0.3 is 24.4 Å². The van der Waals surface area contributed by atoms with Gasteiger partial charge in [-0.2, -0.15) is 14.0 Å². The first kappa shape index (κ1) is 61.7. The first-order valence-electron chi connectivity index (χ1n) is 42.8. The summed E-state index contributed by atoms with van der Waals surface area (Å²) < 4.78 is 243. The number of phenolic OH excluding ortho intramolecular Hbond substituents is 1. The average molecular weight is 1710 g/mol. The molecule has 2 aromatic heterocycles. The summed E-state index contributed by atoms with van der Waals surface area (Å²) in [6.45, 7) is 32.2. The molecular formula is C85H88Br3F4N9O5Si2. The van der Waals surface area contributed by atoms with Crippen molar-refractivity contribution in [2.24, 2.45) is 0 Å². The summed E-state index contributed by atoms with van der Waals surface area (Å²) in [5.41, 5.74) is 5.95. The molecule has 0 radical (unpaired) electrons. The van der Waals surface area contributed by atoms with E-state index >= 15 is 8.78 Å². The van der Waals surface area contributed by atoms with Gasteiger partial charge in [0.1, 0.15) is 82.6 Å². The van der Waals surface area contributed by atoms with Crippen molar-refractivity contribution < 1.29 is 77.2 Å². The highest BCUT2D eigenvalue weighted by Gasteiger charge is 2.58. The normalized spacial score (nSPS) is 13.0. The number of rotatable bonds is 15. The topological polar surface area (TPSA) is 162 Å². The number of nitrogens with zero attached hydrogens (tertiary/aromatic N) is 9. The van der Waals surface area contributed by atoms with Crippen molar-refractivity contribution in [1.82, 2.24) is 25.2 Å². The lowest BCUT2D eigenvalue weighted by Crippen LogP contribution is -2.48. The third-order valence-corrected chi connectivity index (χ3v) is 16.2. The second kappa shape index (κ2) is 44.5. The number of aromatic nitrogens is 5.